The van der Waals surface area contributed by atoms with Crippen molar-refractivity contribution in [3.63, 3.8) is 0 Å². The molecule has 0 aromatic carbocycles. The van der Waals surface area contributed by atoms with Gasteiger partial charge in [0.25, 0.3) is 0 Å². The minimum absolute atomic E-state index is 0.0211. The van der Waals surface area contributed by atoms with E-state index in [1.54, 1.807) is 13.1 Å². The van der Waals surface area contributed by atoms with E-state index in [-0.39, 0.29) is 11.8 Å². The molecular formula is C16H21N5O2. The van der Waals surface area contributed by atoms with E-state index in [2.05, 4.69) is 25.3 Å². The Kier molecular flexibility index (Phi) is 4.66. The third-order valence-electron chi connectivity index (χ3n) is 3.97. The highest BCUT2D eigenvalue weighted by Gasteiger charge is 2.27. The molecule has 2 aromatic heterocycles. The molecule has 3 heterocycles. The number of amides is 1. The van der Waals surface area contributed by atoms with Crippen LogP contribution in [0, 0.1) is 19.8 Å². The van der Waals surface area contributed by atoms with E-state index in [4.69, 9.17) is 4.52 Å². The lowest BCUT2D eigenvalue weighted by molar-refractivity contribution is -0.121. The summed E-state index contributed by atoms with van der Waals surface area (Å²) in [7, 11) is 0. The number of hydrogen-bond acceptors (Lipinski definition) is 6. The van der Waals surface area contributed by atoms with Gasteiger partial charge in [-0.1, -0.05) is 11.2 Å². The highest BCUT2D eigenvalue weighted by Crippen LogP contribution is 2.19. The van der Waals surface area contributed by atoms with Gasteiger partial charge in [0, 0.05) is 12.7 Å². The van der Waals surface area contributed by atoms with E-state index in [0.717, 1.165) is 24.9 Å². The van der Waals surface area contributed by atoms with E-state index >= 15 is 0 Å². The maximum Gasteiger partial charge on any atom is 0.240 e. The molecule has 7 nitrogen and oxygen atoms in total. The number of piperidine rings is 1. The second kappa shape index (κ2) is 6.87. The molecule has 1 fully saturated rings. The number of aryl methyl sites for hydroxylation is 2. The van der Waals surface area contributed by atoms with Crippen LogP contribution in [0.3, 0.4) is 0 Å². The molecule has 0 radical (unpaired) electrons. The lowest BCUT2D eigenvalue weighted by Crippen LogP contribution is -2.40. The first kappa shape index (κ1) is 15.6. The Morgan fingerprint density at radius 1 is 1.43 bits per heavy atom. The number of likely N-dealkylation sites (tertiary alicyclic amines) is 1. The third-order valence-corrected chi connectivity index (χ3v) is 3.97. The zero-order chi connectivity index (χ0) is 16.2. The molecule has 1 atom stereocenters. The predicted octanol–water partition coefficient (Wildman–Crippen LogP) is 1.93. The standard InChI is InChI=1S/C16H21N5O2/c1-11-5-6-14(17-8-11)19-16(22)13-4-3-7-21(9-13)10-15-18-12(2)20-23-15/h5-6,8,13H,3-4,7,9-10H2,1-2H3,(H,17,19,22)/t13-/m1/s1. The van der Waals surface area contributed by atoms with Crippen molar-refractivity contribution in [3.05, 3.63) is 35.6 Å². The molecule has 122 valence electrons. The molecule has 1 N–H and O–H groups in total. The van der Waals surface area contributed by atoms with Crippen LogP contribution in [0.1, 0.15) is 30.1 Å². The quantitative estimate of drug-likeness (QED) is 0.928. The molecule has 1 aliphatic heterocycles. The molecule has 0 bridgehead atoms. The van der Waals surface area contributed by atoms with Crippen molar-refractivity contribution in [1.82, 2.24) is 20.0 Å². The fourth-order valence-corrected chi connectivity index (χ4v) is 2.78. The normalized spacial score (nSPS) is 18.8. The van der Waals surface area contributed by atoms with Crippen LogP contribution in [-0.4, -0.2) is 39.0 Å². The average molecular weight is 315 g/mol. The largest absolute Gasteiger partial charge is 0.338 e. The molecule has 0 unspecified atom stereocenters. The van der Waals surface area contributed by atoms with E-state index in [1.165, 1.54) is 0 Å². The van der Waals surface area contributed by atoms with E-state index in [0.29, 0.717) is 30.6 Å². The first-order valence-electron chi connectivity index (χ1n) is 7.85. The van der Waals surface area contributed by atoms with Gasteiger partial charge in [0.15, 0.2) is 5.82 Å². The summed E-state index contributed by atoms with van der Waals surface area (Å²) in [6, 6.07) is 3.77. The smallest absolute Gasteiger partial charge is 0.240 e. The van der Waals surface area contributed by atoms with Crippen LogP contribution in [0.25, 0.3) is 0 Å². The number of hydrogen-bond donors (Lipinski definition) is 1. The van der Waals surface area contributed by atoms with Gasteiger partial charge < -0.3 is 9.84 Å². The first-order chi connectivity index (χ1) is 11.1. The molecule has 1 amide bonds. The maximum absolute atomic E-state index is 12.4. The van der Waals surface area contributed by atoms with E-state index in [1.807, 2.05) is 19.1 Å². The topological polar surface area (TPSA) is 84.2 Å². The molecule has 23 heavy (non-hydrogen) atoms. The van der Waals surface area contributed by atoms with Gasteiger partial charge in [0.1, 0.15) is 5.82 Å². The van der Waals surface area contributed by atoms with E-state index in [9.17, 15) is 4.79 Å². The number of aromatic nitrogens is 3. The van der Waals surface area contributed by atoms with Gasteiger partial charge >= 0.3 is 0 Å². The lowest BCUT2D eigenvalue weighted by Gasteiger charge is -2.30. The summed E-state index contributed by atoms with van der Waals surface area (Å²) in [5.74, 6) is 1.81. The lowest BCUT2D eigenvalue weighted by atomic mass is 9.97. The minimum atomic E-state index is -0.0455. The number of nitrogens with one attached hydrogen (secondary N) is 1. The molecule has 2 aromatic rings. The van der Waals surface area contributed by atoms with Crippen molar-refractivity contribution in [2.75, 3.05) is 18.4 Å². The van der Waals surface area contributed by atoms with Crippen LogP contribution < -0.4 is 5.32 Å². The van der Waals surface area contributed by atoms with Gasteiger partial charge in [-0.05, 0) is 44.9 Å². The minimum Gasteiger partial charge on any atom is -0.338 e. The van der Waals surface area contributed by atoms with Crippen molar-refractivity contribution in [1.29, 1.82) is 0 Å². The SMILES string of the molecule is Cc1ccc(NC(=O)[C@@H]2CCCN(Cc3nc(C)no3)C2)nc1. The van der Waals surface area contributed by atoms with Crippen LogP contribution in [0.4, 0.5) is 5.82 Å². The number of rotatable bonds is 4. The highest BCUT2D eigenvalue weighted by atomic mass is 16.5. The summed E-state index contributed by atoms with van der Waals surface area (Å²) in [6.07, 6.45) is 3.62. The molecule has 1 saturated heterocycles. The molecule has 7 heteroatoms. The zero-order valence-corrected chi connectivity index (χ0v) is 13.5. The Bertz CT molecular complexity index is 667. The number of carbonyl (C=O) groups excluding carboxylic acids is 1. The van der Waals surface area contributed by atoms with Gasteiger partial charge in [-0.25, -0.2) is 4.98 Å². The molecule has 0 spiro atoms. The third kappa shape index (κ3) is 4.13. The summed E-state index contributed by atoms with van der Waals surface area (Å²) in [5, 5.41) is 6.70. The number of carbonyl (C=O) groups is 1. The Balaban J connectivity index is 1.56. The molecule has 3 rings (SSSR count). The number of nitrogens with zero attached hydrogens (tertiary/aromatic N) is 4. The van der Waals surface area contributed by atoms with Crippen LogP contribution in [0.2, 0.25) is 0 Å². The number of anilines is 1. The Labute approximate surface area is 135 Å². The summed E-state index contributed by atoms with van der Waals surface area (Å²) >= 11 is 0. The van der Waals surface area contributed by atoms with Crippen LogP contribution in [0.15, 0.2) is 22.9 Å². The van der Waals surface area contributed by atoms with Gasteiger partial charge in [-0.3, -0.25) is 9.69 Å². The highest BCUT2D eigenvalue weighted by molar-refractivity contribution is 5.91. The summed E-state index contributed by atoms with van der Waals surface area (Å²) in [5.41, 5.74) is 1.07. The van der Waals surface area contributed by atoms with Gasteiger partial charge in [-0.2, -0.15) is 4.98 Å². The van der Waals surface area contributed by atoms with Crippen LogP contribution in [-0.2, 0) is 11.3 Å². The zero-order valence-electron chi connectivity index (χ0n) is 13.5. The monoisotopic (exact) mass is 315 g/mol. The predicted molar refractivity (Wildman–Crippen MR) is 84.6 cm³/mol. The van der Waals surface area contributed by atoms with Crippen LogP contribution >= 0.6 is 0 Å². The molecule has 0 saturated carbocycles. The second-order valence-electron chi connectivity index (χ2n) is 6.02. The van der Waals surface area contributed by atoms with Crippen molar-refractivity contribution in [2.24, 2.45) is 5.92 Å². The maximum atomic E-state index is 12.4. The van der Waals surface area contributed by atoms with Gasteiger partial charge in [0.05, 0.1) is 12.5 Å². The molecule has 1 aliphatic rings. The fourth-order valence-electron chi connectivity index (χ4n) is 2.78. The first-order valence-corrected chi connectivity index (χ1v) is 7.85. The van der Waals surface area contributed by atoms with Gasteiger partial charge in [-0.15, -0.1) is 0 Å². The summed E-state index contributed by atoms with van der Waals surface area (Å²) < 4.78 is 5.16. The van der Waals surface area contributed by atoms with E-state index < -0.39 is 0 Å². The van der Waals surface area contributed by atoms with Crippen molar-refractivity contribution in [3.8, 4) is 0 Å². The van der Waals surface area contributed by atoms with Crippen molar-refractivity contribution >= 4 is 11.7 Å². The fraction of sp³-hybridized carbons (Fsp3) is 0.500. The Hall–Kier alpha value is -2.28. The summed E-state index contributed by atoms with van der Waals surface area (Å²) in [4.78, 5) is 23.1. The average Bonchev–Trinajstić information content (AvgIpc) is 2.95. The Morgan fingerprint density at radius 2 is 2.30 bits per heavy atom. The van der Waals surface area contributed by atoms with Crippen LogP contribution in [0.5, 0.6) is 0 Å². The molecule has 0 aliphatic carbocycles. The summed E-state index contributed by atoms with van der Waals surface area (Å²) in [6.45, 7) is 5.99. The van der Waals surface area contributed by atoms with Gasteiger partial charge in [0.2, 0.25) is 11.8 Å². The van der Waals surface area contributed by atoms with Crippen molar-refractivity contribution in [2.45, 2.75) is 33.2 Å². The second-order valence-corrected chi connectivity index (χ2v) is 6.02. The van der Waals surface area contributed by atoms with Crippen molar-refractivity contribution < 1.29 is 9.32 Å². The number of pyridine rings is 1. The Morgan fingerprint density at radius 3 is 3.00 bits per heavy atom. The molecular weight excluding hydrogens is 294 g/mol.